The van der Waals surface area contributed by atoms with Crippen LogP contribution < -0.4 is 0 Å². The van der Waals surface area contributed by atoms with Crippen LogP contribution in [0.4, 0.5) is 4.39 Å². The lowest BCUT2D eigenvalue weighted by atomic mass is 10.1. The zero-order valence-corrected chi connectivity index (χ0v) is 8.01. The van der Waals surface area contributed by atoms with E-state index in [4.69, 9.17) is 0 Å². The molecule has 0 aliphatic rings. The van der Waals surface area contributed by atoms with Crippen LogP contribution in [0.15, 0.2) is 18.5 Å². The quantitative estimate of drug-likeness (QED) is 0.577. The molecule has 0 aromatic carbocycles. The molecule has 1 rings (SSSR count). The Balaban J connectivity index is 3.03. The fourth-order valence-electron chi connectivity index (χ4n) is 0.789. The van der Waals surface area contributed by atoms with Gasteiger partial charge in [-0.15, -0.1) is 0 Å². The van der Waals surface area contributed by atoms with E-state index in [0.29, 0.717) is 0 Å². The number of Topliss-reactive ketones (excluding diaryl/α,β-unsaturated/α-hetero) is 1. The summed E-state index contributed by atoms with van der Waals surface area (Å²) in [4.78, 5) is 14.4. The highest BCUT2D eigenvalue weighted by atomic mass is 79.9. The van der Waals surface area contributed by atoms with E-state index < -0.39 is 5.82 Å². The molecule has 0 saturated heterocycles. The molecule has 64 valence electrons. The zero-order chi connectivity index (χ0) is 9.14. The van der Waals surface area contributed by atoms with Gasteiger partial charge in [-0.1, -0.05) is 15.9 Å². The number of alkyl halides is 1. The molecule has 0 radical (unpaired) electrons. The van der Waals surface area contributed by atoms with E-state index >= 15 is 0 Å². The molecule has 0 fully saturated rings. The lowest BCUT2D eigenvalue weighted by Crippen LogP contribution is -2.11. The molecule has 1 aromatic rings. The SMILES string of the molecule is CC(Br)C(=O)c1ccncc1F. The van der Waals surface area contributed by atoms with Crippen molar-refractivity contribution in [2.24, 2.45) is 0 Å². The van der Waals surface area contributed by atoms with Crippen molar-refractivity contribution >= 4 is 21.7 Å². The van der Waals surface area contributed by atoms with Crippen LogP contribution in [-0.4, -0.2) is 15.6 Å². The summed E-state index contributed by atoms with van der Waals surface area (Å²) >= 11 is 3.07. The fraction of sp³-hybridized carbons (Fsp3) is 0.250. The third-order valence-corrected chi connectivity index (χ3v) is 1.82. The van der Waals surface area contributed by atoms with Gasteiger partial charge in [-0.2, -0.15) is 0 Å². The van der Waals surface area contributed by atoms with Crippen LogP contribution in [0.1, 0.15) is 17.3 Å². The molecule has 0 N–H and O–H groups in total. The van der Waals surface area contributed by atoms with Crippen molar-refractivity contribution in [3.8, 4) is 0 Å². The molecular weight excluding hydrogens is 225 g/mol. The Kier molecular flexibility index (Phi) is 2.92. The van der Waals surface area contributed by atoms with Crippen molar-refractivity contribution in [3.63, 3.8) is 0 Å². The summed E-state index contributed by atoms with van der Waals surface area (Å²) in [6, 6.07) is 1.37. The van der Waals surface area contributed by atoms with Gasteiger partial charge in [0.05, 0.1) is 16.6 Å². The number of ketones is 1. The molecule has 1 aromatic heterocycles. The maximum Gasteiger partial charge on any atom is 0.179 e. The molecule has 4 heteroatoms. The van der Waals surface area contributed by atoms with Crippen LogP contribution in [0.2, 0.25) is 0 Å². The molecule has 1 unspecified atom stereocenters. The van der Waals surface area contributed by atoms with Crippen LogP contribution in [0.25, 0.3) is 0 Å². The van der Waals surface area contributed by atoms with Crippen LogP contribution >= 0.6 is 15.9 Å². The summed E-state index contributed by atoms with van der Waals surface area (Å²) in [5, 5.41) is 0. The average molecular weight is 232 g/mol. The summed E-state index contributed by atoms with van der Waals surface area (Å²) in [5.74, 6) is -0.844. The third-order valence-electron chi connectivity index (χ3n) is 1.40. The highest BCUT2D eigenvalue weighted by Crippen LogP contribution is 2.11. The van der Waals surface area contributed by atoms with E-state index in [-0.39, 0.29) is 16.2 Å². The van der Waals surface area contributed by atoms with Crippen molar-refractivity contribution < 1.29 is 9.18 Å². The Morgan fingerprint density at radius 2 is 2.42 bits per heavy atom. The smallest absolute Gasteiger partial charge is 0.179 e. The van der Waals surface area contributed by atoms with Gasteiger partial charge in [0, 0.05) is 6.20 Å². The minimum absolute atomic E-state index is 0.0781. The van der Waals surface area contributed by atoms with Gasteiger partial charge in [0.15, 0.2) is 11.6 Å². The lowest BCUT2D eigenvalue weighted by Gasteiger charge is -2.02. The highest BCUT2D eigenvalue weighted by Gasteiger charge is 2.15. The van der Waals surface area contributed by atoms with Gasteiger partial charge >= 0.3 is 0 Å². The number of halogens is 2. The van der Waals surface area contributed by atoms with Gasteiger partial charge in [0.1, 0.15) is 0 Å². The van der Waals surface area contributed by atoms with Crippen LogP contribution in [0.3, 0.4) is 0 Å². The number of rotatable bonds is 2. The minimum atomic E-state index is -0.575. The monoisotopic (exact) mass is 231 g/mol. The lowest BCUT2D eigenvalue weighted by molar-refractivity contribution is 0.0992. The molecule has 12 heavy (non-hydrogen) atoms. The van der Waals surface area contributed by atoms with Gasteiger partial charge in [0.2, 0.25) is 0 Å². The highest BCUT2D eigenvalue weighted by molar-refractivity contribution is 9.10. The molecule has 0 aliphatic carbocycles. The standard InChI is InChI=1S/C8H7BrFNO/c1-5(9)8(12)6-2-3-11-4-7(6)10/h2-5H,1H3. The van der Waals surface area contributed by atoms with Crippen molar-refractivity contribution in [2.75, 3.05) is 0 Å². The van der Waals surface area contributed by atoms with E-state index in [1.165, 1.54) is 12.3 Å². The summed E-state index contributed by atoms with van der Waals surface area (Å²) in [5.41, 5.74) is 0.0781. The van der Waals surface area contributed by atoms with E-state index in [1.54, 1.807) is 6.92 Å². The van der Waals surface area contributed by atoms with Gasteiger partial charge in [-0.05, 0) is 13.0 Å². The number of pyridine rings is 1. The molecule has 0 saturated carbocycles. The zero-order valence-electron chi connectivity index (χ0n) is 6.42. The number of hydrogen-bond donors (Lipinski definition) is 0. The molecule has 2 nitrogen and oxygen atoms in total. The molecule has 0 aliphatic heterocycles. The Hall–Kier alpha value is -0.770. The van der Waals surface area contributed by atoms with E-state index in [2.05, 4.69) is 20.9 Å². The Morgan fingerprint density at radius 3 is 2.92 bits per heavy atom. The van der Waals surface area contributed by atoms with Crippen molar-refractivity contribution in [2.45, 2.75) is 11.8 Å². The Morgan fingerprint density at radius 1 is 1.75 bits per heavy atom. The number of carbonyl (C=O) groups excluding carboxylic acids is 1. The molecule has 1 atom stereocenters. The summed E-state index contributed by atoms with van der Waals surface area (Å²) < 4.78 is 12.9. The molecule has 1 heterocycles. The molecular formula is C8H7BrFNO. The number of carbonyl (C=O) groups is 1. The first kappa shape index (κ1) is 9.32. The van der Waals surface area contributed by atoms with Crippen molar-refractivity contribution in [3.05, 3.63) is 29.8 Å². The molecule has 0 amide bonds. The maximum absolute atomic E-state index is 12.9. The molecule has 0 spiro atoms. The van der Waals surface area contributed by atoms with Gasteiger partial charge in [0.25, 0.3) is 0 Å². The first-order valence-corrected chi connectivity index (χ1v) is 4.32. The summed E-state index contributed by atoms with van der Waals surface area (Å²) in [6.45, 7) is 1.65. The van der Waals surface area contributed by atoms with Gasteiger partial charge in [-0.25, -0.2) is 4.39 Å². The van der Waals surface area contributed by atoms with E-state index in [1.807, 2.05) is 0 Å². The van der Waals surface area contributed by atoms with Crippen molar-refractivity contribution in [1.29, 1.82) is 0 Å². The van der Waals surface area contributed by atoms with Crippen LogP contribution in [0, 0.1) is 5.82 Å². The largest absolute Gasteiger partial charge is 0.293 e. The van der Waals surface area contributed by atoms with Crippen molar-refractivity contribution in [1.82, 2.24) is 4.98 Å². The third kappa shape index (κ3) is 1.88. The minimum Gasteiger partial charge on any atom is -0.293 e. The Bertz CT molecular complexity index is 301. The van der Waals surface area contributed by atoms with Gasteiger partial charge in [-0.3, -0.25) is 9.78 Å². The normalized spacial score (nSPS) is 12.6. The second-order valence-electron chi connectivity index (χ2n) is 2.34. The summed E-state index contributed by atoms with van der Waals surface area (Å²) in [6.07, 6.45) is 2.42. The van der Waals surface area contributed by atoms with Crippen LogP contribution in [0.5, 0.6) is 0 Å². The van der Waals surface area contributed by atoms with Crippen LogP contribution in [-0.2, 0) is 0 Å². The molecule has 0 bridgehead atoms. The average Bonchev–Trinajstić information content (AvgIpc) is 2.04. The second-order valence-corrected chi connectivity index (χ2v) is 3.71. The first-order chi connectivity index (χ1) is 5.63. The van der Waals surface area contributed by atoms with E-state index in [0.717, 1.165) is 6.20 Å². The number of aromatic nitrogens is 1. The first-order valence-electron chi connectivity index (χ1n) is 3.40. The van der Waals surface area contributed by atoms with Gasteiger partial charge < -0.3 is 0 Å². The second kappa shape index (κ2) is 3.76. The number of hydrogen-bond acceptors (Lipinski definition) is 2. The maximum atomic E-state index is 12.9. The number of nitrogens with zero attached hydrogens (tertiary/aromatic N) is 1. The van der Waals surface area contributed by atoms with E-state index in [9.17, 15) is 9.18 Å². The summed E-state index contributed by atoms with van der Waals surface area (Å²) in [7, 11) is 0. The Labute approximate surface area is 77.9 Å². The fourth-order valence-corrected chi connectivity index (χ4v) is 1.04. The predicted molar refractivity (Wildman–Crippen MR) is 46.9 cm³/mol. The topological polar surface area (TPSA) is 30.0 Å². The predicted octanol–water partition coefficient (Wildman–Crippen LogP) is 2.19.